The Morgan fingerprint density at radius 1 is 1.12 bits per heavy atom. The van der Waals surface area contributed by atoms with Gasteiger partial charge in [0, 0.05) is 24.2 Å². The van der Waals surface area contributed by atoms with Gasteiger partial charge in [-0.1, -0.05) is 31.2 Å². The zero-order chi connectivity index (χ0) is 16.5. The van der Waals surface area contributed by atoms with E-state index in [1.165, 1.54) is 4.70 Å². The van der Waals surface area contributed by atoms with E-state index in [4.69, 9.17) is 4.98 Å². The number of nitrogens with zero attached hydrogens (tertiary/aromatic N) is 2. The van der Waals surface area contributed by atoms with E-state index in [0.29, 0.717) is 0 Å². The highest BCUT2D eigenvalue weighted by Crippen LogP contribution is 2.30. The third-order valence-corrected chi connectivity index (χ3v) is 5.81. The summed E-state index contributed by atoms with van der Waals surface area (Å²) in [5, 5.41) is 0.970. The number of aromatic nitrogens is 1. The summed E-state index contributed by atoms with van der Waals surface area (Å²) in [5.41, 5.74) is 2.80. The number of carbonyl (C=O) groups excluding carboxylic acids is 1. The van der Waals surface area contributed by atoms with E-state index in [0.717, 1.165) is 53.5 Å². The lowest BCUT2D eigenvalue weighted by molar-refractivity contribution is 0.0697. The van der Waals surface area contributed by atoms with Crippen LogP contribution in [0, 0.1) is 5.92 Å². The van der Waals surface area contributed by atoms with E-state index >= 15 is 0 Å². The van der Waals surface area contributed by atoms with Gasteiger partial charge in [0.25, 0.3) is 5.91 Å². The standard InChI is InChI=1S/C20H20N2OS/c1-14-9-11-22(12-10-14)20(23)16-6-4-5-15(13-16)19-21-17-7-2-3-8-18(17)24-19/h2-8,13-14H,9-12H2,1H3. The van der Waals surface area contributed by atoms with Crippen molar-refractivity contribution < 1.29 is 4.79 Å². The van der Waals surface area contributed by atoms with Crippen molar-refractivity contribution in [2.24, 2.45) is 5.92 Å². The molecule has 1 aliphatic heterocycles. The molecule has 1 aliphatic rings. The van der Waals surface area contributed by atoms with Crippen molar-refractivity contribution in [1.82, 2.24) is 9.88 Å². The second kappa shape index (κ2) is 6.36. The second-order valence-electron chi connectivity index (χ2n) is 6.54. The molecule has 4 heteroatoms. The number of para-hydroxylation sites is 1. The van der Waals surface area contributed by atoms with Crippen molar-refractivity contribution in [1.29, 1.82) is 0 Å². The van der Waals surface area contributed by atoms with Crippen LogP contribution in [0.3, 0.4) is 0 Å². The van der Waals surface area contributed by atoms with Crippen LogP contribution >= 0.6 is 11.3 Å². The number of thiazole rings is 1. The lowest BCUT2D eigenvalue weighted by atomic mass is 9.98. The highest BCUT2D eigenvalue weighted by atomic mass is 32.1. The normalized spacial score (nSPS) is 15.8. The molecule has 0 aliphatic carbocycles. The zero-order valence-electron chi connectivity index (χ0n) is 13.7. The minimum atomic E-state index is 0.143. The third-order valence-electron chi connectivity index (χ3n) is 4.72. The number of carbonyl (C=O) groups is 1. The molecule has 0 bridgehead atoms. The van der Waals surface area contributed by atoms with Crippen molar-refractivity contribution >= 4 is 27.5 Å². The molecule has 0 N–H and O–H groups in total. The van der Waals surface area contributed by atoms with Crippen molar-refractivity contribution in [3.05, 3.63) is 54.1 Å². The molecule has 3 nitrogen and oxygen atoms in total. The molecule has 0 saturated carbocycles. The zero-order valence-corrected chi connectivity index (χ0v) is 14.6. The van der Waals surface area contributed by atoms with E-state index in [-0.39, 0.29) is 5.91 Å². The predicted molar refractivity (Wildman–Crippen MR) is 99.4 cm³/mol. The highest BCUT2D eigenvalue weighted by molar-refractivity contribution is 7.21. The molecule has 0 radical (unpaired) electrons. The van der Waals surface area contributed by atoms with Gasteiger partial charge in [0.1, 0.15) is 5.01 Å². The molecule has 1 aromatic heterocycles. The van der Waals surface area contributed by atoms with E-state index in [1.807, 2.05) is 47.4 Å². The van der Waals surface area contributed by atoms with E-state index < -0.39 is 0 Å². The van der Waals surface area contributed by atoms with Gasteiger partial charge in [0.15, 0.2) is 0 Å². The third kappa shape index (κ3) is 2.94. The minimum Gasteiger partial charge on any atom is -0.339 e. The van der Waals surface area contributed by atoms with Crippen LogP contribution in [0.15, 0.2) is 48.5 Å². The van der Waals surface area contributed by atoms with Crippen LogP contribution in [-0.2, 0) is 0 Å². The summed E-state index contributed by atoms with van der Waals surface area (Å²) in [7, 11) is 0. The van der Waals surface area contributed by atoms with Crippen LogP contribution in [0.5, 0.6) is 0 Å². The fourth-order valence-corrected chi connectivity index (χ4v) is 4.14. The topological polar surface area (TPSA) is 33.2 Å². The predicted octanol–water partition coefficient (Wildman–Crippen LogP) is 4.84. The van der Waals surface area contributed by atoms with Crippen molar-refractivity contribution in [2.75, 3.05) is 13.1 Å². The fourth-order valence-electron chi connectivity index (χ4n) is 3.18. The monoisotopic (exact) mass is 336 g/mol. The molecular weight excluding hydrogens is 316 g/mol. The second-order valence-corrected chi connectivity index (χ2v) is 7.57. The first-order chi connectivity index (χ1) is 11.7. The number of hydrogen-bond acceptors (Lipinski definition) is 3. The van der Waals surface area contributed by atoms with Gasteiger partial charge >= 0.3 is 0 Å². The van der Waals surface area contributed by atoms with Gasteiger partial charge in [-0.05, 0) is 43.0 Å². The average Bonchev–Trinajstić information content (AvgIpc) is 3.06. The maximum atomic E-state index is 12.8. The number of hydrogen-bond donors (Lipinski definition) is 0. The first-order valence-electron chi connectivity index (χ1n) is 8.46. The van der Waals surface area contributed by atoms with Crippen molar-refractivity contribution in [2.45, 2.75) is 19.8 Å². The number of fused-ring (bicyclic) bond motifs is 1. The first-order valence-corrected chi connectivity index (χ1v) is 9.27. The fraction of sp³-hybridized carbons (Fsp3) is 0.300. The molecule has 0 spiro atoms. The Hall–Kier alpha value is -2.20. The molecule has 122 valence electrons. The summed E-state index contributed by atoms with van der Waals surface area (Å²) in [6.07, 6.45) is 2.20. The molecular formula is C20H20N2OS. The molecule has 2 aromatic carbocycles. The SMILES string of the molecule is CC1CCN(C(=O)c2cccc(-c3nc4ccccc4s3)c2)CC1. The Labute approximate surface area is 146 Å². The van der Waals surface area contributed by atoms with Gasteiger partial charge in [-0.15, -0.1) is 11.3 Å². The smallest absolute Gasteiger partial charge is 0.253 e. The quantitative estimate of drug-likeness (QED) is 0.671. The number of piperidine rings is 1. The van der Waals surface area contributed by atoms with Crippen LogP contribution in [0.2, 0.25) is 0 Å². The van der Waals surface area contributed by atoms with Gasteiger partial charge in [-0.25, -0.2) is 4.98 Å². The van der Waals surface area contributed by atoms with E-state index in [1.54, 1.807) is 11.3 Å². The van der Waals surface area contributed by atoms with Crippen LogP contribution in [-0.4, -0.2) is 28.9 Å². The molecule has 1 amide bonds. The molecule has 0 unspecified atom stereocenters. The summed E-state index contributed by atoms with van der Waals surface area (Å²) in [5.74, 6) is 0.869. The van der Waals surface area contributed by atoms with Gasteiger partial charge in [-0.3, -0.25) is 4.79 Å². The largest absolute Gasteiger partial charge is 0.339 e. The number of amides is 1. The molecule has 3 aromatic rings. The van der Waals surface area contributed by atoms with Crippen LogP contribution in [0.1, 0.15) is 30.1 Å². The van der Waals surface area contributed by atoms with E-state index in [9.17, 15) is 4.79 Å². The Bertz CT molecular complexity index is 845. The summed E-state index contributed by atoms with van der Waals surface area (Å²) in [6, 6.07) is 16.0. The molecule has 4 rings (SSSR count). The Kier molecular flexibility index (Phi) is 4.07. The van der Waals surface area contributed by atoms with Crippen LogP contribution in [0.4, 0.5) is 0 Å². The Morgan fingerprint density at radius 3 is 2.71 bits per heavy atom. The summed E-state index contributed by atoms with van der Waals surface area (Å²) < 4.78 is 1.18. The molecule has 1 fully saturated rings. The summed E-state index contributed by atoms with van der Waals surface area (Å²) >= 11 is 1.67. The minimum absolute atomic E-state index is 0.143. The number of rotatable bonds is 2. The maximum Gasteiger partial charge on any atom is 0.253 e. The Balaban J connectivity index is 1.62. The van der Waals surface area contributed by atoms with Crippen molar-refractivity contribution in [3.63, 3.8) is 0 Å². The van der Waals surface area contributed by atoms with Gasteiger partial charge in [0.2, 0.25) is 0 Å². The highest BCUT2D eigenvalue weighted by Gasteiger charge is 2.21. The van der Waals surface area contributed by atoms with Gasteiger partial charge in [0.05, 0.1) is 10.2 Å². The van der Waals surface area contributed by atoms with Crippen LogP contribution in [0.25, 0.3) is 20.8 Å². The number of benzene rings is 2. The van der Waals surface area contributed by atoms with Crippen LogP contribution < -0.4 is 0 Å². The molecule has 2 heterocycles. The Morgan fingerprint density at radius 2 is 1.92 bits per heavy atom. The van der Waals surface area contributed by atoms with Gasteiger partial charge < -0.3 is 4.90 Å². The first kappa shape index (κ1) is 15.3. The molecule has 24 heavy (non-hydrogen) atoms. The average molecular weight is 336 g/mol. The lowest BCUT2D eigenvalue weighted by Gasteiger charge is -2.30. The maximum absolute atomic E-state index is 12.8. The van der Waals surface area contributed by atoms with E-state index in [2.05, 4.69) is 13.0 Å². The molecule has 1 saturated heterocycles. The van der Waals surface area contributed by atoms with Crippen molar-refractivity contribution in [3.8, 4) is 10.6 Å². The molecule has 0 atom stereocenters. The summed E-state index contributed by atoms with van der Waals surface area (Å²) in [6.45, 7) is 3.99. The number of likely N-dealkylation sites (tertiary alicyclic amines) is 1. The van der Waals surface area contributed by atoms with Gasteiger partial charge in [-0.2, -0.15) is 0 Å². The summed E-state index contributed by atoms with van der Waals surface area (Å²) in [4.78, 5) is 19.5. The lowest BCUT2D eigenvalue weighted by Crippen LogP contribution is -2.37.